The standard InChI is InChI=1S/C20H25ClN4O3/c1-4-27-12-28-18-8-14(21)7-13(2)20(18)17-6-5-15(23-24-17)10-22-16-9-19(26)25(3)11-16/h5-8,16,22H,4,9-12H2,1-3H3/t16-/m0/s1. The Hall–Kier alpha value is -2.22. The molecule has 8 heteroatoms. The molecule has 3 rings (SSSR count). The second-order valence-corrected chi connectivity index (χ2v) is 7.25. The van der Waals surface area contributed by atoms with Gasteiger partial charge in [-0.05, 0) is 43.7 Å². The lowest BCUT2D eigenvalue weighted by Gasteiger charge is -2.14. The molecular formula is C20H25ClN4O3. The quantitative estimate of drug-likeness (QED) is 0.538. The minimum absolute atomic E-state index is 0.146. The van der Waals surface area contributed by atoms with E-state index in [0.717, 1.165) is 23.4 Å². The number of nitrogens with one attached hydrogen (secondary N) is 1. The molecule has 150 valence electrons. The lowest BCUT2D eigenvalue weighted by Crippen LogP contribution is -2.31. The summed E-state index contributed by atoms with van der Waals surface area (Å²) in [6.07, 6.45) is 0.520. The average Bonchev–Trinajstić information content (AvgIpc) is 2.98. The van der Waals surface area contributed by atoms with Crippen molar-refractivity contribution in [3.8, 4) is 17.0 Å². The summed E-state index contributed by atoms with van der Waals surface area (Å²) in [6.45, 7) is 5.86. The van der Waals surface area contributed by atoms with Gasteiger partial charge in [-0.2, -0.15) is 10.2 Å². The van der Waals surface area contributed by atoms with E-state index in [1.165, 1.54) is 0 Å². The highest BCUT2D eigenvalue weighted by Gasteiger charge is 2.26. The number of likely N-dealkylation sites (tertiary alicyclic amines) is 1. The molecular weight excluding hydrogens is 380 g/mol. The van der Waals surface area contributed by atoms with Crippen LogP contribution in [0.25, 0.3) is 11.3 Å². The van der Waals surface area contributed by atoms with Gasteiger partial charge in [-0.15, -0.1) is 0 Å². The zero-order valence-electron chi connectivity index (χ0n) is 16.4. The van der Waals surface area contributed by atoms with E-state index in [1.54, 1.807) is 11.0 Å². The Morgan fingerprint density at radius 2 is 2.14 bits per heavy atom. The van der Waals surface area contributed by atoms with Crippen LogP contribution < -0.4 is 10.1 Å². The van der Waals surface area contributed by atoms with Gasteiger partial charge in [0.2, 0.25) is 5.91 Å². The minimum atomic E-state index is 0.146. The lowest BCUT2D eigenvalue weighted by molar-refractivity contribution is -0.126. The van der Waals surface area contributed by atoms with Crippen molar-refractivity contribution >= 4 is 17.5 Å². The van der Waals surface area contributed by atoms with E-state index in [4.69, 9.17) is 21.1 Å². The number of hydrogen-bond acceptors (Lipinski definition) is 6. The molecule has 0 spiro atoms. The molecule has 0 unspecified atom stereocenters. The maximum absolute atomic E-state index is 11.6. The predicted octanol–water partition coefficient (Wildman–Crippen LogP) is 2.80. The number of aromatic nitrogens is 2. The highest BCUT2D eigenvalue weighted by Crippen LogP contribution is 2.34. The fourth-order valence-corrected chi connectivity index (χ4v) is 3.44. The summed E-state index contributed by atoms with van der Waals surface area (Å²) >= 11 is 6.18. The molecule has 0 radical (unpaired) electrons. The van der Waals surface area contributed by atoms with Crippen LogP contribution in [0.5, 0.6) is 5.75 Å². The highest BCUT2D eigenvalue weighted by molar-refractivity contribution is 6.31. The van der Waals surface area contributed by atoms with Crippen LogP contribution >= 0.6 is 11.6 Å². The molecule has 0 saturated carbocycles. The van der Waals surface area contributed by atoms with E-state index in [2.05, 4.69) is 15.5 Å². The molecule has 1 saturated heterocycles. The molecule has 1 aliphatic heterocycles. The molecule has 1 N–H and O–H groups in total. The van der Waals surface area contributed by atoms with Gasteiger partial charge in [0.1, 0.15) is 5.75 Å². The van der Waals surface area contributed by atoms with Gasteiger partial charge in [0.05, 0.1) is 11.4 Å². The monoisotopic (exact) mass is 404 g/mol. The zero-order valence-corrected chi connectivity index (χ0v) is 17.1. The number of likely N-dealkylation sites (N-methyl/N-ethyl adjacent to an activating group) is 1. The number of aryl methyl sites for hydroxylation is 1. The maximum atomic E-state index is 11.6. The summed E-state index contributed by atoms with van der Waals surface area (Å²) in [5.74, 6) is 0.780. The third-order valence-electron chi connectivity index (χ3n) is 4.65. The van der Waals surface area contributed by atoms with Crippen molar-refractivity contribution in [3.05, 3.63) is 40.5 Å². The SMILES string of the molecule is CCOCOc1cc(Cl)cc(C)c1-c1ccc(CN[C@H]2CC(=O)N(C)C2)nn1. The summed E-state index contributed by atoms with van der Waals surface area (Å²) < 4.78 is 11.0. The Balaban J connectivity index is 1.71. The highest BCUT2D eigenvalue weighted by atomic mass is 35.5. The first-order valence-electron chi connectivity index (χ1n) is 9.29. The van der Waals surface area contributed by atoms with Crippen molar-refractivity contribution in [1.29, 1.82) is 0 Å². The molecule has 1 fully saturated rings. The third-order valence-corrected chi connectivity index (χ3v) is 4.87. The number of carbonyl (C=O) groups is 1. The molecule has 28 heavy (non-hydrogen) atoms. The number of carbonyl (C=O) groups excluding carboxylic acids is 1. The maximum Gasteiger partial charge on any atom is 0.224 e. The van der Waals surface area contributed by atoms with Gasteiger partial charge in [-0.1, -0.05) is 11.6 Å². The fraction of sp³-hybridized carbons (Fsp3) is 0.450. The van der Waals surface area contributed by atoms with Crippen LogP contribution in [-0.2, 0) is 16.1 Å². The van der Waals surface area contributed by atoms with Crippen molar-refractivity contribution in [1.82, 2.24) is 20.4 Å². The van der Waals surface area contributed by atoms with Crippen molar-refractivity contribution < 1.29 is 14.3 Å². The first kappa shape index (κ1) is 20.5. The Morgan fingerprint density at radius 3 is 2.79 bits per heavy atom. The lowest BCUT2D eigenvalue weighted by atomic mass is 10.0. The van der Waals surface area contributed by atoms with Crippen LogP contribution in [0.1, 0.15) is 24.6 Å². The van der Waals surface area contributed by atoms with Crippen LogP contribution in [0, 0.1) is 6.92 Å². The van der Waals surface area contributed by atoms with E-state index < -0.39 is 0 Å². The van der Waals surface area contributed by atoms with Crippen LogP contribution in [0.4, 0.5) is 0 Å². The zero-order chi connectivity index (χ0) is 20.1. The average molecular weight is 405 g/mol. The number of benzene rings is 1. The van der Waals surface area contributed by atoms with E-state index >= 15 is 0 Å². The fourth-order valence-electron chi connectivity index (χ4n) is 3.18. The van der Waals surface area contributed by atoms with Crippen molar-refractivity contribution in [2.45, 2.75) is 32.9 Å². The summed E-state index contributed by atoms with van der Waals surface area (Å²) in [7, 11) is 1.82. The molecule has 7 nitrogen and oxygen atoms in total. The van der Waals surface area contributed by atoms with Crippen LogP contribution in [-0.4, -0.2) is 54.0 Å². The Kier molecular flexibility index (Phi) is 6.83. The van der Waals surface area contributed by atoms with Gasteiger partial charge >= 0.3 is 0 Å². The summed E-state index contributed by atoms with van der Waals surface area (Å²) in [6, 6.07) is 7.62. The number of ether oxygens (including phenoxy) is 2. The number of amides is 1. The van der Waals surface area contributed by atoms with Crippen molar-refractivity contribution in [2.24, 2.45) is 0 Å². The largest absolute Gasteiger partial charge is 0.467 e. The van der Waals surface area contributed by atoms with Gasteiger partial charge in [-0.3, -0.25) is 4.79 Å². The van der Waals surface area contributed by atoms with Crippen molar-refractivity contribution in [3.63, 3.8) is 0 Å². The van der Waals surface area contributed by atoms with Gasteiger partial charge in [0.15, 0.2) is 6.79 Å². The van der Waals surface area contributed by atoms with Crippen LogP contribution in [0.3, 0.4) is 0 Å². The smallest absolute Gasteiger partial charge is 0.224 e. The number of nitrogens with zero attached hydrogens (tertiary/aromatic N) is 3. The van der Waals surface area contributed by atoms with E-state index in [1.807, 2.05) is 39.1 Å². The van der Waals surface area contributed by atoms with Crippen LogP contribution in [0.15, 0.2) is 24.3 Å². The normalized spacial score (nSPS) is 16.6. The number of rotatable bonds is 8. The molecule has 1 aliphatic rings. The van der Waals surface area contributed by atoms with E-state index in [-0.39, 0.29) is 18.7 Å². The van der Waals surface area contributed by atoms with Gasteiger partial charge in [-0.25, -0.2) is 0 Å². The molecule has 2 aromatic rings. The number of halogens is 1. The molecule has 0 bridgehead atoms. The Labute approximate surface area is 170 Å². The summed E-state index contributed by atoms with van der Waals surface area (Å²) in [5, 5.41) is 12.7. The molecule has 2 heterocycles. The van der Waals surface area contributed by atoms with E-state index in [9.17, 15) is 4.79 Å². The Morgan fingerprint density at radius 1 is 1.32 bits per heavy atom. The molecule has 1 aromatic heterocycles. The second kappa shape index (κ2) is 9.32. The molecule has 1 aromatic carbocycles. The van der Waals surface area contributed by atoms with E-state index in [0.29, 0.717) is 36.0 Å². The third kappa shape index (κ3) is 4.98. The second-order valence-electron chi connectivity index (χ2n) is 6.82. The topological polar surface area (TPSA) is 76.6 Å². The van der Waals surface area contributed by atoms with Gasteiger partial charge in [0, 0.05) is 49.8 Å². The first-order valence-corrected chi connectivity index (χ1v) is 9.66. The van der Waals surface area contributed by atoms with Gasteiger partial charge in [0.25, 0.3) is 0 Å². The molecule has 1 amide bonds. The number of hydrogen-bond donors (Lipinski definition) is 1. The molecule has 1 atom stereocenters. The van der Waals surface area contributed by atoms with Gasteiger partial charge < -0.3 is 19.7 Å². The predicted molar refractivity (Wildman–Crippen MR) is 107 cm³/mol. The summed E-state index contributed by atoms with van der Waals surface area (Å²) in [5.41, 5.74) is 3.32. The molecule has 0 aliphatic carbocycles. The summed E-state index contributed by atoms with van der Waals surface area (Å²) in [4.78, 5) is 13.3. The van der Waals surface area contributed by atoms with Crippen molar-refractivity contribution in [2.75, 3.05) is 27.0 Å². The first-order chi connectivity index (χ1) is 13.5. The Bertz CT molecular complexity index is 829. The minimum Gasteiger partial charge on any atom is -0.467 e. The van der Waals surface area contributed by atoms with Crippen LogP contribution in [0.2, 0.25) is 5.02 Å².